The standard InChI is InChI=1S/C21H11BrO/c22-17-10-4-6-13-11-12-5-3-9-15-14-7-1-2-8-16(14)21(23)20(18(12)15)19(13)17/h1-11H. The average Bonchev–Trinajstić information content (AvgIpc) is 2.58. The highest BCUT2D eigenvalue weighted by Gasteiger charge is 2.27. The van der Waals surface area contributed by atoms with Gasteiger partial charge < -0.3 is 0 Å². The van der Waals surface area contributed by atoms with Gasteiger partial charge in [-0.15, -0.1) is 0 Å². The molecule has 1 aliphatic rings. The van der Waals surface area contributed by atoms with Crippen molar-refractivity contribution in [2.45, 2.75) is 0 Å². The van der Waals surface area contributed by atoms with Crippen molar-refractivity contribution >= 4 is 43.3 Å². The molecule has 0 saturated heterocycles. The first-order valence-corrected chi connectivity index (χ1v) is 8.33. The maximum Gasteiger partial charge on any atom is 0.194 e. The number of benzene rings is 4. The van der Waals surface area contributed by atoms with Crippen LogP contribution < -0.4 is 0 Å². The molecule has 0 radical (unpaired) electrons. The van der Waals surface area contributed by atoms with Crippen LogP contribution in [0.1, 0.15) is 15.9 Å². The Kier molecular flexibility index (Phi) is 2.56. The van der Waals surface area contributed by atoms with E-state index >= 15 is 0 Å². The van der Waals surface area contributed by atoms with E-state index in [-0.39, 0.29) is 5.78 Å². The minimum absolute atomic E-state index is 0.113. The summed E-state index contributed by atoms with van der Waals surface area (Å²) in [5, 5.41) is 4.28. The summed E-state index contributed by atoms with van der Waals surface area (Å²) in [5.41, 5.74) is 3.78. The summed E-state index contributed by atoms with van der Waals surface area (Å²) >= 11 is 3.64. The molecular formula is C21H11BrO. The number of ketones is 1. The molecule has 0 unspecified atom stereocenters. The maximum absolute atomic E-state index is 13.2. The third-order valence-electron chi connectivity index (χ3n) is 4.64. The van der Waals surface area contributed by atoms with Gasteiger partial charge in [0.15, 0.2) is 5.78 Å². The van der Waals surface area contributed by atoms with Gasteiger partial charge in [-0.3, -0.25) is 4.79 Å². The third-order valence-corrected chi connectivity index (χ3v) is 5.30. The molecule has 0 atom stereocenters. The summed E-state index contributed by atoms with van der Waals surface area (Å²) in [7, 11) is 0. The zero-order valence-electron chi connectivity index (χ0n) is 12.1. The van der Waals surface area contributed by atoms with Gasteiger partial charge >= 0.3 is 0 Å². The smallest absolute Gasteiger partial charge is 0.194 e. The topological polar surface area (TPSA) is 17.1 Å². The van der Waals surface area contributed by atoms with E-state index in [0.717, 1.165) is 48.3 Å². The number of hydrogen-bond donors (Lipinski definition) is 0. The summed E-state index contributed by atoms with van der Waals surface area (Å²) in [6, 6.07) is 22.4. The Hall–Kier alpha value is -2.45. The summed E-state index contributed by atoms with van der Waals surface area (Å²) < 4.78 is 0.967. The van der Waals surface area contributed by atoms with Gasteiger partial charge in [0.1, 0.15) is 0 Å². The lowest BCUT2D eigenvalue weighted by Crippen LogP contribution is -2.10. The zero-order valence-corrected chi connectivity index (χ0v) is 13.7. The minimum atomic E-state index is 0.113. The predicted octanol–water partition coefficient (Wildman–Crippen LogP) is 5.97. The van der Waals surface area contributed by atoms with Crippen LogP contribution in [-0.2, 0) is 0 Å². The van der Waals surface area contributed by atoms with Crippen LogP contribution in [0.3, 0.4) is 0 Å². The Balaban J connectivity index is 2.12. The van der Waals surface area contributed by atoms with Gasteiger partial charge in [-0.2, -0.15) is 0 Å². The molecule has 0 amide bonds. The molecule has 5 rings (SSSR count). The van der Waals surface area contributed by atoms with E-state index in [9.17, 15) is 4.79 Å². The van der Waals surface area contributed by atoms with Crippen molar-refractivity contribution in [3.05, 3.63) is 82.3 Å². The molecule has 0 heterocycles. The van der Waals surface area contributed by atoms with E-state index in [4.69, 9.17) is 0 Å². The summed E-state index contributed by atoms with van der Waals surface area (Å²) in [5.74, 6) is 0.113. The normalized spacial score (nSPS) is 12.7. The molecule has 0 N–H and O–H groups in total. The summed E-state index contributed by atoms with van der Waals surface area (Å²) in [6.45, 7) is 0. The molecule has 108 valence electrons. The SMILES string of the molecule is O=C1c2ccccc2-c2cccc3cc4cccc(Br)c4c1c23. The average molecular weight is 359 g/mol. The van der Waals surface area contributed by atoms with Crippen LogP contribution in [0, 0.1) is 0 Å². The molecule has 1 nitrogen and oxygen atoms in total. The fourth-order valence-electron chi connectivity index (χ4n) is 3.69. The maximum atomic E-state index is 13.2. The molecular weight excluding hydrogens is 348 g/mol. The van der Waals surface area contributed by atoms with Crippen LogP contribution in [0.5, 0.6) is 0 Å². The van der Waals surface area contributed by atoms with Crippen molar-refractivity contribution in [1.82, 2.24) is 0 Å². The van der Waals surface area contributed by atoms with Crippen molar-refractivity contribution in [3.8, 4) is 11.1 Å². The highest BCUT2D eigenvalue weighted by molar-refractivity contribution is 9.10. The second-order valence-corrected chi connectivity index (χ2v) is 6.72. The van der Waals surface area contributed by atoms with E-state index in [2.05, 4.69) is 46.3 Å². The van der Waals surface area contributed by atoms with Crippen LogP contribution in [-0.4, -0.2) is 5.78 Å². The molecule has 0 fully saturated rings. The summed E-state index contributed by atoms with van der Waals surface area (Å²) in [4.78, 5) is 13.2. The lowest BCUT2D eigenvalue weighted by molar-refractivity contribution is 0.104. The molecule has 0 aliphatic heterocycles. The summed E-state index contributed by atoms with van der Waals surface area (Å²) in [6.07, 6.45) is 0. The van der Waals surface area contributed by atoms with Crippen LogP contribution in [0.4, 0.5) is 0 Å². The van der Waals surface area contributed by atoms with Crippen molar-refractivity contribution in [2.75, 3.05) is 0 Å². The van der Waals surface area contributed by atoms with E-state index in [1.165, 1.54) is 0 Å². The molecule has 4 aromatic carbocycles. The molecule has 1 aliphatic carbocycles. The van der Waals surface area contributed by atoms with E-state index < -0.39 is 0 Å². The Bertz CT molecular complexity index is 1140. The van der Waals surface area contributed by atoms with Crippen LogP contribution in [0.15, 0.2) is 71.2 Å². The van der Waals surface area contributed by atoms with Crippen LogP contribution in [0.25, 0.3) is 32.7 Å². The second kappa shape index (κ2) is 4.53. The molecule has 2 heteroatoms. The van der Waals surface area contributed by atoms with Gasteiger partial charge in [-0.05, 0) is 34.0 Å². The first-order valence-electron chi connectivity index (χ1n) is 7.54. The monoisotopic (exact) mass is 358 g/mol. The van der Waals surface area contributed by atoms with Gasteiger partial charge in [-0.1, -0.05) is 70.5 Å². The quantitative estimate of drug-likeness (QED) is 0.312. The van der Waals surface area contributed by atoms with Gasteiger partial charge in [0.2, 0.25) is 0 Å². The highest BCUT2D eigenvalue weighted by Crippen LogP contribution is 2.43. The molecule has 4 aromatic rings. The van der Waals surface area contributed by atoms with Crippen molar-refractivity contribution in [2.24, 2.45) is 0 Å². The number of halogens is 1. The number of fused-ring (bicyclic) bond motifs is 4. The molecule has 0 bridgehead atoms. The second-order valence-electron chi connectivity index (χ2n) is 5.87. The Labute approximate surface area is 141 Å². The Morgan fingerprint density at radius 1 is 0.652 bits per heavy atom. The lowest BCUT2D eigenvalue weighted by atomic mass is 9.80. The fraction of sp³-hybridized carbons (Fsp3) is 0. The van der Waals surface area contributed by atoms with Crippen molar-refractivity contribution in [3.63, 3.8) is 0 Å². The van der Waals surface area contributed by atoms with E-state index in [1.807, 2.05) is 36.4 Å². The van der Waals surface area contributed by atoms with Gasteiger partial charge in [-0.25, -0.2) is 0 Å². The molecule has 23 heavy (non-hydrogen) atoms. The van der Waals surface area contributed by atoms with Crippen LogP contribution >= 0.6 is 15.9 Å². The van der Waals surface area contributed by atoms with Crippen LogP contribution in [0.2, 0.25) is 0 Å². The Morgan fingerprint density at radius 2 is 1.30 bits per heavy atom. The molecule has 0 saturated carbocycles. The lowest BCUT2D eigenvalue weighted by Gasteiger charge is -2.22. The fourth-order valence-corrected chi connectivity index (χ4v) is 4.27. The highest BCUT2D eigenvalue weighted by atomic mass is 79.9. The molecule has 0 spiro atoms. The van der Waals surface area contributed by atoms with Crippen molar-refractivity contribution in [1.29, 1.82) is 0 Å². The largest absolute Gasteiger partial charge is 0.289 e. The number of rotatable bonds is 0. The predicted molar refractivity (Wildman–Crippen MR) is 98.0 cm³/mol. The van der Waals surface area contributed by atoms with Gasteiger partial charge in [0.05, 0.1) is 0 Å². The third kappa shape index (κ3) is 1.64. The zero-order chi connectivity index (χ0) is 15.6. The first-order chi connectivity index (χ1) is 11.3. The minimum Gasteiger partial charge on any atom is -0.289 e. The first kappa shape index (κ1) is 13.0. The van der Waals surface area contributed by atoms with Gasteiger partial charge in [0.25, 0.3) is 0 Å². The number of carbonyl (C=O) groups excluding carboxylic acids is 1. The van der Waals surface area contributed by atoms with Gasteiger partial charge in [0, 0.05) is 26.4 Å². The molecule has 0 aromatic heterocycles. The van der Waals surface area contributed by atoms with E-state index in [0.29, 0.717) is 0 Å². The Morgan fingerprint density at radius 3 is 2.13 bits per heavy atom. The van der Waals surface area contributed by atoms with E-state index in [1.54, 1.807) is 0 Å². The number of hydrogen-bond acceptors (Lipinski definition) is 1. The number of carbonyl (C=O) groups is 1. The van der Waals surface area contributed by atoms with Crippen molar-refractivity contribution < 1.29 is 4.79 Å².